The molecular weight excluding hydrogens is 444 g/mol. The summed E-state index contributed by atoms with van der Waals surface area (Å²) >= 11 is 7.96. The van der Waals surface area contributed by atoms with Crippen LogP contribution in [0.4, 0.5) is 5.95 Å². The number of hydrogen-bond acceptors (Lipinski definition) is 7. The molecule has 0 saturated carbocycles. The van der Waals surface area contributed by atoms with Crippen LogP contribution in [0.3, 0.4) is 0 Å². The molecule has 1 saturated heterocycles. The molecule has 1 aliphatic heterocycles. The zero-order valence-electron chi connectivity index (χ0n) is 17.3. The average Bonchev–Trinajstić information content (AvgIpc) is 3.54. The number of halogens is 1. The maximum atomic E-state index is 6.30. The van der Waals surface area contributed by atoms with Crippen molar-refractivity contribution in [2.24, 2.45) is 0 Å². The summed E-state index contributed by atoms with van der Waals surface area (Å²) in [6.07, 6.45) is 4.61. The van der Waals surface area contributed by atoms with E-state index in [1.807, 2.05) is 36.6 Å². The number of aromatic nitrogens is 4. The van der Waals surface area contributed by atoms with E-state index in [0.717, 1.165) is 72.3 Å². The van der Waals surface area contributed by atoms with Gasteiger partial charge in [0.15, 0.2) is 11.5 Å². The Morgan fingerprint density at radius 3 is 2.88 bits per heavy atom. The van der Waals surface area contributed by atoms with Crippen molar-refractivity contribution in [3.63, 3.8) is 0 Å². The smallest absolute Gasteiger partial charge is 0.213 e. The third kappa shape index (κ3) is 3.54. The molecule has 6 rings (SSSR count). The first-order valence-corrected chi connectivity index (χ1v) is 11.9. The Balaban J connectivity index is 1.43. The fourth-order valence-corrected chi connectivity index (χ4v) is 5.20. The lowest BCUT2D eigenvalue weighted by Crippen LogP contribution is -2.32. The lowest BCUT2D eigenvalue weighted by molar-refractivity contribution is 0.284. The SMILES string of the molecule is Clc1ccc2c(c1)nc(N1CCCN(Cc3ccoc3)CC1)n1c(-c3cccs3)nnc21. The minimum absolute atomic E-state index is 0.667. The zero-order chi connectivity index (χ0) is 21.5. The number of hydrogen-bond donors (Lipinski definition) is 0. The molecule has 7 nitrogen and oxygen atoms in total. The Morgan fingerprint density at radius 2 is 2.03 bits per heavy atom. The van der Waals surface area contributed by atoms with Gasteiger partial charge in [-0.05, 0) is 42.1 Å². The molecular formula is C23H21ClN6OS. The fourth-order valence-electron chi connectivity index (χ4n) is 4.34. The quantitative estimate of drug-likeness (QED) is 0.374. The van der Waals surface area contributed by atoms with Gasteiger partial charge in [0.1, 0.15) is 0 Å². The molecule has 1 fully saturated rings. The lowest BCUT2D eigenvalue weighted by Gasteiger charge is -2.24. The number of thiophene rings is 1. The minimum Gasteiger partial charge on any atom is -0.472 e. The highest BCUT2D eigenvalue weighted by atomic mass is 35.5. The molecule has 4 aromatic heterocycles. The first kappa shape index (κ1) is 19.7. The highest BCUT2D eigenvalue weighted by molar-refractivity contribution is 7.13. The van der Waals surface area contributed by atoms with Crippen LogP contribution in [0.2, 0.25) is 5.02 Å². The van der Waals surface area contributed by atoms with Crippen LogP contribution in [0.25, 0.3) is 27.3 Å². The summed E-state index contributed by atoms with van der Waals surface area (Å²) < 4.78 is 7.35. The van der Waals surface area contributed by atoms with Crippen molar-refractivity contribution < 1.29 is 4.42 Å². The van der Waals surface area contributed by atoms with Crippen molar-refractivity contribution in [1.82, 2.24) is 24.5 Å². The molecule has 5 heterocycles. The van der Waals surface area contributed by atoms with Gasteiger partial charge in [0.25, 0.3) is 0 Å². The van der Waals surface area contributed by atoms with Gasteiger partial charge in [-0.3, -0.25) is 4.90 Å². The molecule has 0 amide bonds. The normalized spacial score (nSPS) is 15.6. The van der Waals surface area contributed by atoms with Gasteiger partial charge in [-0.25, -0.2) is 9.38 Å². The molecule has 0 spiro atoms. The first-order valence-electron chi connectivity index (χ1n) is 10.6. The van der Waals surface area contributed by atoms with E-state index in [-0.39, 0.29) is 0 Å². The standard InChI is InChI=1S/C23H21ClN6OS/c24-17-4-5-18-19(13-17)25-23(30-21(18)26-27-22(30)20-3-1-12-32-20)29-8-2-7-28(9-10-29)14-16-6-11-31-15-16/h1,3-6,11-13,15H,2,7-10,14H2. The molecule has 9 heteroatoms. The van der Waals surface area contributed by atoms with Crippen LogP contribution >= 0.6 is 22.9 Å². The van der Waals surface area contributed by atoms with Crippen LogP contribution in [-0.2, 0) is 6.54 Å². The van der Waals surface area contributed by atoms with Crippen molar-refractivity contribution >= 4 is 45.4 Å². The molecule has 1 aliphatic rings. The van der Waals surface area contributed by atoms with E-state index in [2.05, 4.69) is 35.8 Å². The molecule has 0 bridgehead atoms. The molecule has 1 aromatic carbocycles. The highest BCUT2D eigenvalue weighted by Crippen LogP contribution is 2.31. The lowest BCUT2D eigenvalue weighted by atomic mass is 10.2. The first-order chi connectivity index (χ1) is 15.8. The maximum absolute atomic E-state index is 6.30. The third-order valence-electron chi connectivity index (χ3n) is 5.88. The van der Waals surface area contributed by atoms with Crippen LogP contribution in [0.1, 0.15) is 12.0 Å². The van der Waals surface area contributed by atoms with Gasteiger partial charge in [0, 0.05) is 48.7 Å². The summed E-state index contributed by atoms with van der Waals surface area (Å²) in [5.74, 6) is 1.70. The Hall–Kier alpha value is -2.94. The zero-order valence-corrected chi connectivity index (χ0v) is 18.9. The predicted octanol–water partition coefficient (Wildman–Crippen LogP) is 4.96. The summed E-state index contributed by atoms with van der Waals surface area (Å²) in [6.45, 7) is 4.66. The number of fused-ring (bicyclic) bond motifs is 3. The van der Waals surface area contributed by atoms with Gasteiger partial charge in [0.05, 0.1) is 22.9 Å². The number of furan rings is 1. The Kier molecular flexibility index (Phi) is 5.05. The Labute approximate surface area is 193 Å². The van der Waals surface area contributed by atoms with E-state index in [0.29, 0.717) is 5.02 Å². The minimum atomic E-state index is 0.667. The van der Waals surface area contributed by atoms with Gasteiger partial charge in [-0.15, -0.1) is 21.5 Å². The maximum Gasteiger partial charge on any atom is 0.213 e. The van der Waals surface area contributed by atoms with Crippen LogP contribution in [0, 0.1) is 0 Å². The molecule has 32 heavy (non-hydrogen) atoms. The van der Waals surface area contributed by atoms with Crippen molar-refractivity contribution in [2.75, 3.05) is 31.1 Å². The molecule has 0 atom stereocenters. The van der Waals surface area contributed by atoms with Crippen LogP contribution < -0.4 is 4.90 Å². The number of benzene rings is 1. The van der Waals surface area contributed by atoms with Crippen molar-refractivity contribution in [3.8, 4) is 10.7 Å². The van der Waals surface area contributed by atoms with E-state index in [4.69, 9.17) is 21.0 Å². The average molecular weight is 465 g/mol. The largest absolute Gasteiger partial charge is 0.472 e. The summed E-state index contributed by atoms with van der Waals surface area (Å²) in [4.78, 5) is 11.0. The van der Waals surface area contributed by atoms with Gasteiger partial charge in [-0.1, -0.05) is 17.7 Å². The third-order valence-corrected chi connectivity index (χ3v) is 6.98. The van der Waals surface area contributed by atoms with E-state index in [1.165, 1.54) is 5.56 Å². The molecule has 0 N–H and O–H groups in total. The Bertz CT molecular complexity index is 1360. The second-order valence-electron chi connectivity index (χ2n) is 7.98. The van der Waals surface area contributed by atoms with E-state index in [9.17, 15) is 0 Å². The van der Waals surface area contributed by atoms with Crippen LogP contribution in [0.5, 0.6) is 0 Å². The second kappa shape index (κ2) is 8.20. The summed E-state index contributed by atoms with van der Waals surface area (Å²) in [6, 6.07) is 11.9. The molecule has 0 aliphatic carbocycles. The molecule has 162 valence electrons. The van der Waals surface area contributed by atoms with Crippen molar-refractivity contribution in [2.45, 2.75) is 13.0 Å². The van der Waals surface area contributed by atoms with E-state index in [1.54, 1.807) is 17.6 Å². The van der Waals surface area contributed by atoms with Crippen LogP contribution in [-0.4, -0.2) is 50.7 Å². The van der Waals surface area contributed by atoms with Gasteiger partial charge < -0.3 is 9.32 Å². The summed E-state index contributed by atoms with van der Waals surface area (Å²) in [5.41, 5.74) is 2.85. The highest BCUT2D eigenvalue weighted by Gasteiger charge is 2.23. The van der Waals surface area contributed by atoms with Crippen molar-refractivity contribution in [1.29, 1.82) is 0 Å². The van der Waals surface area contributed by atoms with Gasteiger partial charge in [0.2, 0.25) is 5.95 Å². The van der Waals surface area contributed by atoms with Crippen molar-refractivity contribution in [3.05, 3.63) is 64.9 Å². The van der Waals surface area contributed by atoms with E-state index >= 15 is 0 Å². The topological polar surface area (TPSA) is 62.7 Å². The number of nitrogens with zero attached hydrogens (tertiary/aromatic N) is 6. The fraction of sp³-hybridized carbons (Fsp3) is 0.261. The van der Waals surface area contributed by atoms with E-state index < -0.39 is 0 Å². The Morgan fingerprint density at radius 1 is 1.06 bits per heavy atom. The molecule has 0 radical (unpaired) electrons. The van der Waals surface area contributed by atoms with Gasteiger partial charge in [-0.2, -0.15) is 0 Å². The number of anilines is 1. The predicted molar refractivity (Wildman–Crippen MR) is 127 cm³/mol. The molecule has 5 aromatic rings. The summed E-state index contributed by atoms with van der Waals surface area (Å²) in [5, 5.41) is 12.8. The number of rotatable bonds is 4. The summed E-state index contributed by atoms with van der Waals surface area (Å²) in [7, 11) is 0. The second-order valence-corrected chi connectivity index (χ2v) is 9.37. The van der Waals surface area contributed by atoms with Crippen LogP contribution in [0.15, 0.2) is 58.7 Å². The monoisotopic (exact) mass is 464 g/mol. The molecule has 0 unspecified atom stereocenters. The van der Waals surface area contributed by atoms with Gasteiger partial charge >= 0.3 is 0 Å².